The third-order valence-electron chi connectivity index (χ3n) is 7.00. The number of ether oxygens (including phenoxy) is 1. The topological polar surface area (TPSA) is 101 Å². The largest absolute Gasteiger partial charge is 0.427 e. The van der Waals surface area contributed by atoms with E-state index in [-0.39, 0.29) is 28.2 Å². The van der Waals surface area contributed by atoms with Gasteiger partial charge in [-0.05, 0) is 48.0 Å². The highest BCUT2D eigenvalue weighted by Crippen LogP contribution is 2.46. The molecule has 4 aromatic rings. The van der Waals surface area contributed by atoms with Crippen LogP contribution in [0.3, 0.4) is 0 Å². The summed E-state index contributed by atoms with van der Waals surface area (Å²) in [6.07, 6.45) is 0. The molecule has 0 N–H and O–H groups in total. The molecule has 0 unspecified atom stereocenters. The molecule has 8 nitrogen and oxygen atoms in total. The lowest BCUT2D eigenvalue weighted by atomic mass is 10.0. The number of fused-ring (bicyclic) bond motifs is 1. The third-order valence-corrected chi connectivity index (χ3v) is 7.00. The normalized spacial score (nSPS) is 17.4. The molecule has 0 radical (unpaired) electrons. The molecule has 6 rings (SSSR count). The van der Waals surface area contributed by atoms with Crippen LogP contribution in [0, 0.1) is 0 Å². The number of nitrogens with zero attached hydrogens (tertiary/aromatic N) is 2. The summed E-state index contributed by atoms with van der Waals surface area (Å²) >= 11 is 0. The van der Waals surface area contributed by atoms with Gasteiger partial charge in [0.1, 0.15) is 11.8 Å². The molecule has 40 heavy (non-hydrogen) atoms. The molecule has 2 heterocycles. The molecule has 0 bridgehead atoms. The van der Waals surface area contributed by atoms with E-state index < -0.39 is 35.8 Å². The van der Waals surface area contributed by atoms with Gasteiger partial charge in [-0.1, -0.05) is 60.7 Å². The van der Waals surface area contributed by atoms with Crippen molar-refractivity contribution in [3.05, 3.63) is 131 Å². The summed E-state index contributed by atoms with van der Waals surface area (Å²) in [5.74, 6) is -1.87. The lowest BCUT2D eigenvalue weighted by molar-refractivity contribution is -0.131. The minimum absolute atomic E-state index is 0.101. The van der Waals surface area contributed by atoms with Crippen molar-refractivity contribution in [3.63, 3.8) is 0 Å². The van der Waals surface area contributed by atoms with Gasteiger partial charge in [-0.3, -0.25) is 24.0 Å². The maximum Gasteiger partial charge on any atom is 0.308 e. The minimum atomic E-state index is -0.685. The maximum absolute atomic E-state index is 13.7. The molecule has 3 amide bonds. The van der Waals surface area contributed by atoms with Gasteiger partial charge in [0.05, 0.1) is 22.9 Å². The molecule has 2 atom stereocenters. The van der Waals surface area contributed by atoms with Gasteiger partial charge < -0.3 is 9.64 Å². The van der Waals surface area contributed by atoms with Crippen LogP contribution in [-0.2, 0) is 4.79 Å². The van der Waals surface area contributed by atoms with Crippen LogP contribution < -0.4 is 9.64 Å². The Morgan fingerprint density at radius 3 is 1.98 bits per heavy atom. The number of hydrogen-bond acceptors (Lipinski definition) is 6. The zero-order valence-electron chi connectivity index (χ0n) is 21.3. The van der Waals surface area contributed by atoms with Crippen molar-refractivity contribution in [3.8, 4) is 5.75 Å². The lowest BCUT2D eigenvalue weighted by Gasteiger charge is -2.14. The van der Waals surface area contributed by atoms with E-state index in [2.05, 4.69) is 0 Å². The minimum Gasteiger partial charge on any atom is -0.427 e. The smallest absolute Gasteiger partial charge is 0.308 e. The number of imide groups is 1. The maximum atomic E-state index is 13.7. The van der Waals surface area contributed by atoms with Crippen molar-refractivity contribution in [2.75, 3.05) is 4.90 Å². The molecule has 1 fully saturated rings. The monoisotopic (exact) mass is 530 g/mol. The van der Waals surface area contributed by atoms with Crippen molar-refractivity contribution in [2.24, 2.45) is 0 Å². The second-order valence-corrected chi connectivity index (χ2v) is 9.54. The molecule has 4 aromatic carbocycles. The van der Waals surface area contributed by atoms with E-state index in [0.717, 1.165) is 10.5 Å². The zero-order valence-corrected chi connectivity index (χ0v) is 21.3. The summed E-state index contributed by atoms with van der Waals surface area (Å²) < 4.78 is 5.02. The molecular formula is C32H22N2O6. The molecule has 0 saturated carbocycles. The lowest BCUT2D eigenvalue weighted by Crippen LogP contribution is -2.29. The molecule has 0 spiro atoms. The molecule has 0 aliphatic carbocycles. The highest BCUT2D eigenvalue weighted by molar-refractivity contribution is 6.34. The average molecular weight is 531 g/mol. The first kappa shape index (κ1) is 24.9. The number of anilines is 1. The third kappa shape index (κ3) is 4.25. The number of ketones is 1. The Morgan fingerprint density at radius 1 is 0.700 bits per heavy atom. The first-order chi connectivity index (χ1) is 19.3. The van der Waals surface area contributed by atoms with E-state index in [0.29, 0.717) is 11.3 Å². The average Bonchev–Trinajstić information content (AvgIpc) is 3.67. The second kappa shape index (κ2) is 9.74. The van der Waals surface area contributed by atoms with Crippen molar-refractivity contribution in [1.29, 1.82) is 0 Å². The number of esters is 1. The van der Waals surface area contributed by atoms with E-state index in [9.17, 15) is 24.0 Å². The molecule has 196 valence electrons. The van der Waals surface area contributed by atoms with E-state index in [4.69, 9.17) is 4.74 Å². The van der Waals surface area contributed by atoms with Gasteiger partial charge >= 0.3 is 5.97 Å². The Kier molecular flexibility index (Phi) is 6.07. The summed E-state index contributed by atoms with van der Waals surface area (Å²) in [4.78, 5) is 67.2. The summed E-state index contributed by atoms with van der Waals surface area (Å²) in [6, 6.07) is 27.4. The highest BCUT2D eigenvalue weighted by Gasteiger charge is 2.56. The van der Waals surface area contributed by atoms with Crippen LogP contribution in [0.25, 0.3) is 0 Å². The number of Topliss-reactive ketones (excluding diaryl/α,β-unsaturated/α-hetero) is 1. The van der Waals surface area contributed by atoms with Crippen molar-refractivity contribution in [2.45, 2.75) is 19.0 Å². The van der Waals surface area contributed by atoms with Gasteiger partial charge in [-0.25, -0.2) is 4.90 Å². The quantitative estimate of drug-likeness (QED) is 0.116. The fraction of sp³-hybridized carbons (Fsp3) is 0.0938. The molecule has 0 aromatic heterocycles. The summed E-state index contributed by atoms with van der Waals surface area (Å²) in [6.45, 7) is 1.27. The number of benzene rings is 4. The van der Waals surface area contributed by atoms with Crippen molar-refractivity contribution >= 4 is 35.2 Å². The van der Waals surface area contributed by atoms with Gasteiger partial charge in [-0.15, -0.1) is 0 Å². The first-order valence-corrected chi connectivity index (χ1v) is 12.6. The molecular weight excluding hydrogens is 508 g/mol. The van der Waals surface area contributed by atoms with Gasteiger partial charge in [0.2, 0.25) is 0 Å². The van der Waals surface area contributed by atoms with Crippen LogP contribution in [0.4, 0.5) is 5.69 Å². The van der Waals surface area contributed by atoms with Crippen LogP contribution in [-0.4, -0.2) is 40.4 Å². The number of hydrogen-bond donors (Lipinski definition) is 0. The Morgan fingerprint density at radius 2 is 1.32 bits per heavy atom. The predicted molar refractivity (Wildman–Crippen MR) is 145 cm³/mol. The van der Waals surface area contributed by atoms with E-state index in [1.165, 1.54) is 54.3 Å². The summed E-state index contributed by atoms with van der Waals surface area (Å²) in [7, 11) is 0. The molecule has 2 aliphatic heterocycles. The Hall–Kier alpha value is -5.37. The van der Waals surface area contributed by atoms with Gasteiger partial charge in [0, 0.05) is 18.1 Å². The van der Waals surface area contributed by atoms with Crippen molar-refractivity contribution < 1.29 is 28.7 Å². The second-order valence-electron chi connectivity index (χ2n) is 9.54. The van der Waals surface area contributed by atoms with Crippen LogP contribution >= 0.6 is 0 Å². The highest BCUT2D eigenvalue weighted by atomic mass is 16.5. The first-order valence-electron chi connectivity index (χ1n) is 12.6. The SMILES string of the molecule is CC(=O)Oc1ccc(N2C(=O)c3ccc(C(=O)N4[C@H](c5ccccc5)[C@@H]4C(=O)c4ccccc4)cc3C2=O)cc1. The summed E-state index contributed by atoms with van der Waals surface area (Å²) in [5, 5.41) is 0. The van der Waals surface area contributed by atoms with E-state index in [1.807, 2.05) is 36.4 Å². The summed E-state index contributed by atoms with van der Waals surface area (Å²) in [5.41, 5.74) is 2.13. The molecule has 2 aliphatic rings. The van der Waals surface area contributed by atoms with Gasteiger partial charge in [0.25, 0.3) is 17.7 Å². The fourth-order valence-corrected chi connectivity index (χ4v) is 5.11. The Balaban J connectivity index is 1.29. The van der Waals surface area contributed by atoms with Crippen LogP contribution in [0.2, 0.25) is 0 Å². The molecule has 1 saturated heterocycles. The number of amides is 3. The molecule has 8 heteroatoms. The van der Waals surface area contributed by atoms with Gasteiger partial charge in [0.15, 0.2) is 5.78 Å². The number of carbonyl (C=O) groups excluding carboxylic acids is 5. The number of carbonyl (C=O) groups is 5. The Bertz CT molecular complexity index is 1680. The number of rotatable bonds is 6. The van der Waals surface area contributed by atoms with E-state index >= 15 is 0 Å². The van der Waals surface area contributed by atoms with E-state index in [1.54, 1.807) is 24.3 Å². The standard InChI is InChI=1S/C32H22N2O6/c1-19(35)40-24-15-13-23(14-16-24)33-31(38)25-17-12-22(18-26(25)32(33)39)30(37)34-27(20-8-4-2-5-9-20)28(34)29(36)21-10-6-3-7-11-21/h2-18,27-28H,1H3/t27-,28-,34?/m1/s1. The fourth-order valence-electron chi connectivity index (χ4n) is 5.11. The zero-order chi connectivity index (χ0) is 28.0. The van der Waals surface area contributed by atoms with Crippen LogP contribution in [0.1, 0.15) is 60.0 Å². The van der Waals surface area contributed by atoms with Gasteiger partial charge in [-0.2, -0.15) is 0 Å². The predicted octanol–water partition coefficient (Wildman–Crippen LogP) is 4.86. The van der Waals surface area contributed by atoms with Crippen LogP contribution in [0.5, 0.6) is 5.75 Å². The van der Waals surface area contributed by atoms with Crippen molar-refractivity contribution in [1.82, 2.24) is 4.90 Å². The van der Waals surface area contributed by atoms with Crippen LogP contribution in [0.15, 0.2) is 103 Å². The Labute approximate surface area is 229 Å².